The fourth-order valence-electron chi connectivity index (χ4n) is 2.20. The lowest BCUT2D eigenvalue weighted by Gasteiger charge is -2.27. The van der Waals surface area contributed by atoms with Gasteiger partial charge in [-0.05, 0) is 37.6 Å². The van der Waals surface area contributed by atoms with Gasteiger partial charge in [-0.1, -0.05) is 34.1 Å². The third kappa shape index (κ3) is 6.28. The summed E-state index contributed by atoms with van der Waals surface area (Å²) in [5.41, 5.74) is 4.78. The van der Waals surface area contributed by atoms with Crippen LogP contribution in [0.4, 0.5) is 0 Å². The number of hydrazine groups is 1. The van der Waals surface area contributed by atoms with Crippen LogP contribution in [0.25, 0.3) is 0 Å². The van der Waals surface area contributed by atoms with Gasteiger partial charge in [0.15, 0.2) is 5.88 Å². The van der Waals surface area contributed by atoms with Gasteiger partial charge in [0.2, 0.25) is 0 Å². The van der Waals surface area contributed by atoms with Gasteiger partial charge in [0, 0.05) is 7.05 Å². The first kappa shape index (κ1) is 22.1. The lowest BCUT2D eigenvalue weighted by Crippen LogP contribution is -2.40. The van der Waals surface area contributed by atoms with Gasteiger partial charge in [0.1, 0.15) is 6.04 Å². The second-order valence-corrected chi connectivity index (χ2v) is 5.22. The molecule has 24 heavy (non-hydrogen) atoms. The highest BCUT2D eigenvalue weighted by Gasteiger charge is 2.29. The smallest absolute Gasteiger partial charge is 0.326 e. The Hall–Kier alpha value is -1.95. The molecule has 2 aliphatic rings. The van der Waals surface area contributed by atoms with Gasteiger partial charge in [-0.15, -0.1) is 0 Å². The molecule has 0 spiro atoms. The third-order valence-corrected chi connectivity index (χ3v) is 3.12. The monoisotopic (exact) mass is 339 g/mol. The zero-order chi connectivity index (χ0) is 18.7. The van der Waals surface area contributed by atoms with Crippen LogP contribution in [0, 0.1) is 0 Å². The number of likely N-dealkylation sites (N-methyl/N-ethyl adjacent to an activating group) is 1. The minimum Gasteiger partial charge on any atom is -0.480 e. The molecular formula is C18H33N3O3. The van der Waals surface area contributed by atoms with Crippen molar-refractivity contribution in [3.05, 3.63) is 35.4 Å². The van der Waals surface area contributed by atoms with E-state index in [1.807, 2.05) is 46.9 Å². The SMILES string of the molecule is CC.CCC.CCOC1=CC=C(C2=CC(C(=O)O)NN2C)C(C)N1. The van der Waals surface area contributed by atoms with E-state index in [4.69, 9.17) is 9.84 Å². The van der Waals surface area contributed by atoms with E-state index in [0.29, 0.717) is 6.61 Å². The van der Waals surface area contributed by atoms with Gasteiger partial charge in [-0.2, -0.15) is 0 Å². The molecule has 0 radical (unpaired) electrons. The Morgan fingerprint density at radius 1 is 1.29 bits per heavy atom. The molecule has 0 amide bonds. The summed E-state index contributed by atoms with van der Waals surface area (Å²) in [6.45, 7) is 12.8. The quantitative estimate of drug-likeness (QED) is 0.731. The first-order chi connectivity index (χ1) is 11.4. The van der Waals surface area contributed by atoms with E-state index in [1.165, 1.54) is 6.42 Å². The van der Waals surface area contributed by atoms with Crippen LogP contribution in [0.1, 0.15) is 48.0 Å². The van der Waals surface area contributed by atoms with Crippen LogP contribution in [0.2, 0.25) is 0 Å². The van der Waals surface area contributed by atoms with Gasteiger partial charge in [0.25, 0.3) is 0 Å². The normalized spacial score (nSPS) is 21.8. The molecule has 0 aliphatic carbocycles. The second-order valence-electron chi connectivity index (χ2n) is 5.22. The molecule has 138 valence electrons. The van der Waals surface area contributed by atoms with Crippen LogP contribution >= 0.6 is 0 Å². The van der Waals surface area contributed by atoms with Crippen molar-refractivity contribution < 1.29 is 14.6 Å². The Morgan fingerprint density at radius 3 is 2.29 bits per heavy atom. The van der Waals surface area contributed by atoms with Crippen LogP contribution in [-0.2, 0) is 9.53 Å². The number of hydrogen-bond donors (Lipinski definition) is 3. The molecule has 0 aromatic heterocycles. The maximum atomic E-state index is 11.0. The predicted molar refractivity (Wildman–Crippen MR) is 98.1 cm³/mol. The summed E-state index contributed by atoms with van der Waals surface area (Å²) in [6.07, 6.45) is 6.79. The van der Waals surface area contributed by atoms with E-state index in [9.17, 15) is 4.79 Å². The molecule has 2 rings (SSSR count). The molecular weight excluding hydrogens is 306 g/mol. The topological polar surface area (TPSA) is 73.8 Å². The number of allylic oxidation sites excluding steroid dienone is 2. The maximum absolute atomic E-state index is 11.0. The Morgan fingerprint density at radius 2 is 1.88 bits per heavy atom. The summed E-state index contributed by atoms with van der Waals surface area (Å²) < 4.78 is 5.41. The van der Waals surface area contributed by atoms with Crippen molar-refractivity contribution in [1.82, 2.24) is 15.8 Å². The molecule has 0 aromatic carbocycles. The highest BCUT2D eigenvalue weighted by Crippen LogP contribution is 2.24. The Labute approximate surface area is 146 Å². The first-order valence-electron chi connectivity index (χ1n) is 8.70. The molecule has 6 heteroatoms. The largest absolute Gasteiger partial charge is 0.480 e. The number of aliphatic carboxylic acids is 1. The van der Waals surface area contributed by atoms with E-state index >= 15 is 0 Å². The van der Waals surface area contributed by atoms with Gasteiger partial charge in [-0.3, -0.25) is 4.79 Å². The molecule has 0 fully saturated rings. The highest BCUT2D eigenvalue weighted by atomic mass is 16.5. The summed E-state index contributed by atoms with van der Waals surface area (Å²) in [4.78, 5) is 11.0. The molecule has 2 unspecified atom stereocenters. The van der Waals surface area contributed by atoms with Crippen LogP contribution in [0.3, 0.4) is 0 Å². The van der Waals surface area contributed by atoms with Crippen molar-refractivity contribution in [2.45, 2.75) is 60.0 Å². The average Bonchev–Trinajstić information content (AvgIpc) is 2.93. The van der Waals surface area contributed by atoms with Gasteiger partial charge >= 0.3 is 5.97 Å². The molecule has 0 aromatic rings. The molecule has 2 atom stereocenters. The van der Waals surface area contributed by atoms with Crippen molar-refractivity contribution in [1.29, 1.82) is 0 Å². The summed E-state index contributed by atoms with van der Waals surface area (Å²) in [6, 6.07) is -0.611. The fourth-order valence-corrected chi connectivity index (χ4v) is 2.20. The number of carboxylic acid groups (broad SMARTS) is 1. The summed E-state index contributed by atoms with van der Waals surface area (Å²) in [7, 11) is 1.81. The van der Waals surface area contributed by atoms with E-state index in [2.05, 4.69) is 24.6 Å². The maximum Gasteiger partial charge on any atom is 0.326 e. The summed E-state index contributed by atoms with van der Waals surface area (Å²) in [5, 5.41) is 14.0. The third-order valence-electron chi connectivity index (χ3n) is 3.12. The number of dihydropyridines is 1. The number of ether oxygens (including phenoxy) is 1. The van der Waals surface area contributed by atoms with Gasteiger partial charge < -0.3 is 20.2 Å². The Kier molecular flexibility index (Phi) is 10.6. The molecule has 6 nitrogen and oxygen atoms in total. The standard InChI is InChI=1S/C13H19N3O3.C3H8.C2H6/c1-4-19-12-6-5-9(8(2)14-12)11-7-10(13(17)18)15-16(11)3;1-3-2;1-2/h5-8,10,14-15H,4H2,1-3H3,(H,17,18);3H2,1-2H3;1-2H3. The van der Waals surface area contributed by atoms with Crippen molar-refractivity contribution in [3.63, 3.8) is 0 Å². The number of carboxylic acids is 1. The van der Waals surface area contributed by atoms with Crippen LogP contribution in [0.15, 0.2) is 35.4 Å². The summed E-state index contributed by atoms with van der Waals surface area (Å²) in [5.74, 6) is -0.146. The van der Waals surface area contributed by atoms with Crippen molar-refractivity contribution in [2.24, 2.45) is 0 Å². The van der Waals surface area contributed by atoms with E-state index in [-0.39, 0.29) is 6.04 Å². The van der Waals surface area contributed by atoms with E-state index in [1.54, 1.807) is 11.1 Å². The first-order valence-corrected chi connectivity index (χ1v) is 8.70. The number of nitrogens with one attached hydrogen (secondary N) is 2. The average molecular weight is 339 g/mol. The molecule has 0 saturated heterocycles. The lowest BCUT2D eigenvalue weighted by molar-refractivity contribution is -0.138. The zero-order valence-electron chi connectivity index (χ0n) is 16.0. The van der Waals surface area contributed by atoms with Gasteiger partial charge in [0.05, 0.1) is 18.3 Å². The van der Waals surface area contributed by atoms with Crippen LogP contribution in [-0.4, -0.2) is 41.8 Å². The molecule has 2 aliphatic heterocycles. The van der Waals surface area contributed by atoms with Crippen molar-refractivity contribution >= 4 is 5.97 Å². The minimum absolute atomic E-state index is 0.0644. The predicted octanol–water partition coefficient (Wildman–Crippen LogP) is 3.01. The lowest BCUT2D eigenvalue weighted by atomic mass is 10.0. The van der Waals surface area contributed by atoms with Crippen LogP contribution in [0.5, 0.6) is 0 Å². The molecule has 0 bridgehead atoms. The number of rotatable bonds is 4. The molecule has 3 N–H and O–H groups in total. The fraction of sp³-hybridized carbons (Fsp3) is 0.611. The number of hydrogen-bond acceptors (Lipinski definition) is 5. The van der Waals surface area contributed by atoms with E-state index in [0.717, 1.165) is 17.2 Å². The van der Waals surface area contributed by atoms with Crippen LogP contribution < -0.4 is 10.7 Å². The molecule has 0 saturated carbocycles. The Bertz CT molecular complexity index is 484. The van der Waals surface area contributed by atoms with Gasteiger partial charge in [-0.25, -0.2) is 5.43 Å². The van der Waals surface area contributed by atoms with Crippen molar-refractivity contribution in [2.75, 3.05) is 13.7 Å². The van der Waals surface area contributed by atoms with Crippen molar-refractivity contribution in [3.8, 4) is 0 Å². The highest BCUT2D eigenvalue weighted by molar-refractivity contribution is 5.77. The number of nitrogens with zero attached hydrogens (tertiary/aromatic N) is 1. The Balaban J connectivity index is 0.000000952. The molecule has 2 heterocycles. The van der Waals surface area contributed by atoms with E-state index < -0.39 is 12.0 Å². The summed E-state index contributed by atoms with van der Waals surface area (Å²) >= 11 is 0. The second kappa shape index (κ2) is 11.6. The number of carbonyl (C=O) groups is 1. The zero-order valence-corrected chi connectivity index (χ0v) is 16.0. The minimum atomic E-state index is -0.885.